The summed E-state index contributed by atoms with van der Waals surface area (Å²) in [6, 6.07) is 11.8. The van der Waals surface area contributed by atoms with Crippen LogP contribution in [0, 0.1) is 0 Å². The maximum atomic E-state index is 5.29. The second-order valence-electron chi connectivity index (χ2n) is 4.68. The van der Waals surface area contributed by atoms with E-state index in [1.54, 1.807) is 13.4 Å². The quantitative estimate of drug-likeness (QED) is 0.730. The molecule has 0 fully saturated rings. The van der Waals surface area contributed by atoms with Gasteiger partial charge in [0.2, 0.25) is 0 Å². The van der Waals surface area contributed by atoms with Crippen molar-refractivity contribution in [1.82, 2.24) is 15.5 Å². The minimum atomic E-state index is 0.695. The average molecular weight is 283 g/mol. The van der Waals surface area contributed by atoms with Gasteiger partial charge in [-0.25, -0.2) is 0 Å². The van der Waals surface area contributed by atoms with Crippen molar-refractivity contribution in [1.29, 1.82) is 0 Å². The molecule has 0 aliphatic rings. The fraction of sp³-hybridized carbons (Fsp3) is 0.188. The Balaban J connectivity index is 1.68. The molecule has 0 saturated heterocycles. The first-order chi connectivity index (χ1) is 10.4. The number of hydrogen-bond acceptors (Lipinski definition) is 4. The van der Waals surface area contributed by atoms with E-state index in [0.29, 0.717) is 6.54 Å². The zero-order valence-electron chi connectivity index (χ0n) is 11.8. The molecular formula is C16H17N3O2. The Kier molecular flexibility index (Phi) is 4.02. The monoisotopic (exact) mass is 283 g/mol. The Bertz CT molecular complexity index is 672. The highest BCUT2D eigenvalue weighted by Gasteiger charge is 2.08. The molecule has 0 spiro atoms. The van der Waals surface area contributed by atoms with E-state index in [-0.39, 0.29) is 0 Å². The van der Waals surface area contributed by atoms with Crippen LogP contribution in [0.15, 0.2) is 53.3 Å². The fourth-order valence-electron chi connectivity index (χ4n) is 2.19. The Morgan fingerprint density at radius 3 is 2.76 bits per heavy atom. The molecule has 0 aliphatic carbocycles. The number of nitrogens with one attached hydrogen (secondary N) is 2. The number of furan rings is 1. The summed E-state index contributed by atoms with van der Waals surface area (Å²) in [5.74, 6) is 1.76. The Morgan fingerprint density at radius 2 is 2.05 bits per heavy atom. The molecule has 5 nitrogen and oxygen atoms in total. The summed E-state index contributed by atoms with van der Waals surface area (Å²) in [4.78, 5) is 0. The van der Waals surface area contributed by atoms with Crippen molar-refractivity contribution in [3.05, 3.63) is 60.2 Å². The lowest BCUT2D eigenvalue weighted by atomic mass is 10.1. The average Bonchev–Trinajstić information content (AvgIpc) is 3.19. The minimum absolute atomic E-state index is 0.695. The molecule has 108 valence electrons. The van der Waals surface area contributed by atoms with Crippen LogP contribution in [-0.4, -0.2) is 17.3 Å². The lowest BCUT2D eigenvalue weighted by Gasteiger charge is -2.06. The first-order valence-corrected chi connectivity index (χ1v) is 6.76. The SMILES string of the molecule is COc1ccc(-c2[nH]ncc2CNCc2ccco2)cc1. The Hall–Kier alpha value is -2.53. The molecule has 0 saturated carbocycles. The Morgan fingerprint density at radius 1 is 1.19 bits per heavy atom. The molecule has 0 unspecified atom stereocenters. The van der Waals surface area contributed by atoms with Crippen molar-refractivity contribution in [3.63, 3.8) is 0 Å². The summed E-state index contributed by atoms with van der Waals surface area (Å²) in [6.07, 6.45) is 3.52. The number of aromatic amines is 1. The number of hydrogen-bond donors (Lipinski definition) is 2. The largest absolute Gasteiger partial charge is 0.497 e. The van der Waals surface area contributed by atoms with Gasteiger partial charge in [0.05, 0.1) is 31.8 Å². The van der Waals surface area contributed by atoms with E-state index in [0.717, 1.165) is 34.9 Å². The second kappa shape index (κ2) is 6.28. The van der Waals surface area contributed by atoms with Crippen molar-refractivity contribution in [2.45, 2.75) is 13.1 Å². The summed E-state index contributed by atoms with van der Waals surface area (Å²) in [7, 11) is 1.66. The standard InChI is InChI=1S/C16H17N3O2/c1-20-14-6-4-12(5-7-14)16-13(10-18-19-16)9-17-11-15-3-2-8-21-15/h2-8,10,17H,9,11H2,1H3,(H,18,19). The van der Waals surface area contributed by atoms with E-state index in [1.807, 2.05) is 42.6 Å². The molecule has 0 aliphatic heterocycles. The molecular weight excluding hydrogens is 266 g/mol. The third kappa shape index (κ3) is 3.14. The predicted octanol–water partition coefficient (Wildman–Crippen LogP) is 2.97. The van der Waals surface area contributed by atoms with Gasteiger partial charge >= 0.3 is 0 Å². The van der Waals surface area contributed by atoms with Crippen molar-refractivity contribution in [3.8, 4) is 17.0 Å². The van der Waals surface area contributed by atoms with Gasteiger partial charge in [0.15, 0.2) is 0 Å². The van der Waals surface area contributed by atoms with E-state index in [2.05, 4.69) is 15.5 Å². The van der Waals surface area contributed by atoms with Crippen LogP contribution in [0.2, 0.25) is 0 Å². The van der Waals surface area contributed by atoms with Gasteiger partial charge < -0.3 is 14.5 Å². The van der Waals surface area contributed by atoms with Gasteiger partial charge in [0, 0.05) is 17.7 Å². The van der Waals surface area contributed by atoms with E-state index in [4.69, 9.17) is 9.15 Å². The summed E-state index contributed by atoms with van der Waals surface area (Å²) in [5.41, 5.74) is 3.22. The second-order valence-corrected chi connectivity index (χ2v) is 4.68. The molecule has 0 atom stereocenters. The highest BCUT2D eigenvalue weighted by molar-refractivity contribution is 5.63. The lowest BCUT2D eigenvalue weighted by molar-refractivity contribution is 0.415. The zero-order chi connectivity index (χ0) is 14.5. The van der Waals surface area contributed by atoms with Crippen LogP contribution < -0.4 is 10.1 Å². The molecule has 1 aromatic carbocycles. The molecule has 21 heavy (non-hydrogen) atoms. The number of aromatic nitrogens is 2. The van der Waals surface area contributed by atoms with E-state index >= 15 is 0 Å². The molecule has 3 aromatic rings. The summed E-state index contributed by atoms with van der Waals surface area (Å²) in [5, 5.41) is 10.5. The van der Waals surface area contributed by atoms with Crippen LogP contribution in [0.1, 0.15) is 11.3 Å². The summed E-state index contributed by atoms with van der Waals surface area (Å²) in [6.45, 7) is 1.42. The number of methoxy groups -OCH3 is 1. The number of nitrogens with zero attached hydrogens (tertiary/aromatic N) is 1. The first-order valence-electron chi connectivity index (χ1n) is 6.76. The Labute approximate surface area is 122 Å². The maximum Gasteiger partial charge on any atom is 0.118 e. The van der Waals surface area contributed by atoms with Gasteiger partial charge in [0.1, 0.15) is 11.5 Å². The molecule has 0 radical (unpaired) electrons. The number of H-pyrrole nitrogens is 1. The molecule has 0 amide bonds. The van der Waals surface area contributed by atoms with Gasteiger partial charge in [-0.2, -0.15) is 5.10 Å². The van der Waals surface area contributed by atoms with E-state index in [1.165, 1.54) is 0 Å². The van der Waals surface area contributed by atoms with Crippen molar-refractivity contribution >= 4 is 0 Å². The maximum absolute atomic E-state index is 5.29. The first kappa shape index (κ1) is 13.5. The van der Waals surface area contributed by atoms with E-state index in [9.17, 15) is 0 Å². The van der Waals surface area contributed by atoms with Crippen LogP contribution in [0.25, 0.3) is 11.3 Å². The molecule has 2 N–H and O–H groups in total. The van der Waals surface area contributed by atoms with Gasteiger partial charge in [0.25, 0.3) is 0 Å². The van der Waals surface area contributed by atoms with Crippen LogP contribution >= 0.6 is 0 Å². The van der Waals surface area contributed by atoms with Gasteiger partial charge in [-0.15, -0.1) is 0 Å². The topological polar surface area (TPSA) is 63.1 Å². The molecule has 2 aromatic heterocycles. The smallest absolute Gasteiger partial charge is 0.118 e. The number of benzene rings is 1. The van der Waals surface area contributed by atoms with Crippen molar-refractivity contribution in [2.24, 2.45) is 0 Å². The minimum Gasteiger partial charge on any atom is -0.497 e. The fourth-order valence-corrected chi connectivity index (χ4v) is 2.19. The molecule has 5 heteroatoms. The third-order valence-electron chi connectivity index (χ3n) is 3.29. The van der Waals surface area contributed by atoms with Gasteiger partial charge in [-0.1, -0.05) is 0 Å². The van der Waals surface area contributed by atoms with E-state index < -0.39 is 0 Å². The third-order valence-corrected chi connectivity index (χ3v) is 3.29. The van der Waals surface area contributed by atoms with Crippen LogP contribution in [0.5, 0.6) is 5.75 Å². The van der Waals surface area contributed by atoms with Crippen molar-refractivity contribution in [2.75, 3.05) is 7.11 Å². The molecule has 3 rings (SSSR count). The summed E-state index contributed by atoms with van der Waals surface area (Å²) >= 11 is 0. The highest BCUT2D eigenvalue weighted by Crippen LogP contribution is 2.23. The predicted molar refractivity (Wildman–Crippen MR) is 79.8 cm³/mol. The molecule has 2 heterocycles. The van der Waals surface area contributed by atoms with Crippen LogP contribution in [-0.2, 0) is 13.1 Å². The van der Waals surface area contributed by atoms with Crippen molar-refractivity contribution < 1.29 is 9.15 Å². The highest BCUT2D eigenvalue weighted by atomic mass is 16.5. The van der Waals surface area contributed by atoms with Crippen LogP contribution in [0.3, 0.4) is 0 Å². The normalized spacial score (nSPS) is 10.7. The zero-order valence-corrected chi connectivity index (χ0v) is 11.8. The van der Waals surface area contributed by atoms with Gasteiger partial charge in [-0.05, 0) is 36.4 Å². The number of ether oxygens (including phenoxy) is 1. The number of rotatable bonds is 6. The lowest BCUT2D eigenvalue weighted by Crippen LogP contribution is -2.12. The van der Waals surface area contributed by atoms with Gasteiger partial charge in [-0.3, -0.25) is 5.10 Å². The van der Waals surface area contributed by atoms with Crippen LogP contribution in [0.4, 0.5) is 0 Å². The molecule has 0 bridgehead atoms. The summed E-state index contributed by atoms with van der Waals surface area (Å²) < 4.78 is 10.5.